The number of rotatable bonds is 5. The lowest BCUT2D eigenvalue weighted by Crippen LogP contribution is -2.52. The molecule has 4 N–H and O–H groups in total. The molecule has 0 saturated carbocycles. The van der Waals surface area contributed by atoms with Gasteiger partial charge in [-0.25, -0.2) is 4.79 Å². The minimum atomic E-state index is -1.02. The van der Waals surface area contributed by atoms with Crippen molar-refractivity contribution < 1.29 is 19.4 Å². The highest BCUT2D eigenvalue weighted by Gasteiger charge is 2.26. The molecule has 0 saturated heterocycles. The van der Waals surface area contributed by atoms with E-state index in [1.807, 2.05) is 0 Å². The van der Waals surface area contributed by atoms with Gasteiger partial charge in [0.2, 0.25) is 5.91 Å². The Morgan fingerprint density at radius 3 is 2.33 bits per heavy atom. The van der Waals surface area contributed by atoms with Crippen molar-refractivity contribution in [2.75, 3.05) is 13.7 Å². The summed E-state index contributed by atoms with van der Waals surface area (Å²) in [5.41, 5.74) is 5.29. The Morgan fingerprint density at radius 1 is 1.47 bits per heavy atom. The summed E-state index contributed by atoms with van der Waals surface area (Å²) in [5.74, 6) is -1.20. The van der Waals surface area contributed by atoms with Gasteiger partial charge in [-0.05, 0) is 5.92 Å². The van der Waals surface area contributed by atoms with Crippen LogP contribution in [-0.4, -0.2) is 42.8 Å². The quantitative estimate of drug-likeness (QED) is 0.494. The Balaban J connectivity index is 4.42. The molecule has 0 heterocycles. The molecule has 6 heteroatoms. The Bertz CT molecular complexity index is 230. The molecule has 0 fully saturated rings. The monoisotopic (exact) mass is 218 g/mol. The van der Waals surface area contributed by atoms with E-state index in [0.29, 0.717) is 0 Å². The van der Waals surface area contributed by atoms with Gasteiger partial charge in [0.1, 0.15) is 12.1 Å². The summed E-state index contributed by atoms with van der Waals surface area (Å²) in [7, 11) is 1.25. The maximum absolute atomic E-state index is 11.3. The summed E-state index contributed by atoms with van der Waals surface area (Å²) in [6.07, 6.45) is 0. The second-order valence-electron chi connectivity index (χ2n) is 3.54. The fraction of sp³-hybridized carbons (Fsp3) is 0.778. The average molecular weight is 218 g/mol. The smallest absolute Gasteiger partial charge is 0.328 e. The molecule has 2 atom stereocenters. The number of methoxy groups -OCH3 is 1. The van der Waals surface area contributed by atoms with E-state index in [1.165, 1.54) is 7.11 Å². The second kappa shape index (κ2) is 6.36. The molecule has 0 aliphatic carbocycles. The summed E-state index contributed by atoms with van der Waals surface area (Å²) in [6.45, 7) is 3.08. The van der Waals surface area contributed by atoms with Gasteiger partial charge >= 0.3 is 5.97 Å². The molecule has 0 aromatic carbocycles. The van der Waals surface area contributed by atoms with Crippen molar-refractivity contribution in [1.29, 1.82) is 0 Å². The molecule has 0 aliphatic heterocycles. The number of nitrogens with two attached hydrogens (primary N) is 1. The van der Waals surface area contributed by atoms with Crippen molar-refractivity contribution in [3.05, 3.63) is 0 Å². The van der Waals surface area contributed by atoms with E-state index >= 15 is 0 Å². The van der Waals surface area contributed by atoms with Gasteiger partial charge in [0.15, 0.2) is 0 Å². The molecule has 1 amide bonds. The Hall–Kier alpha value is -1.14. The van der Waals surface area contributed by atoms with Gasteiger partial charge in [-0.15, -0.1) is 0 Å². The van der Waals surface area contributed by atoms with Crippen molar-refractivity contribution in [3.63, 3.8) is 0 Å². The van der Waals surface area contributed by atoms with E-state index in [1.54, 1.807) is 13.8 Å². The SMILES string of the molecule is COC(=O)[C@@H](NC(=O)[C@@H](N)CO)C(C)C. The first-order chi connectivity index (χ1) is 6.93. The van der Waals surface area contributed by atoms with Gasteiger partial charge in [0.25, 0.3) is 0 Å². The van der Waals surface area contributed by atoms with Crippen LogP contribution >= 0.6 is 0 Å². The predicted molar refractivity (Wildman–Crippen MR) is 53.8 cm³/mol. The number of aliphatic hydroxyl groups is 1. The number of ether oxygens (including phenoxy) is 1. The number of nitrogens with one attached hydrogen (secondary N) is 1. The van der Waals surface area contributed by atoms with Crippen molar-refractivity contribution in [3.8, 4) is 0 Å². The van der Waals surface area contributed by atoms with E-state index in [4.69, 9.17) is 10.8 Å². The van der Waals surface area contributed by atoms with Crippen molar-refractivity contribution in [1.82, 2.24) is 5.32 Å². The Labute approximate surface area is 88.8 Å². The maximum atomic E-state index is 11.3. The number of aliphatic hydroxyl groups excluding tert-OH is 1. The molecule has 0 bridgehead atoms. The summed E-state index contributed by atoms with van der Waals surface area (Å²) in [6, 6.07) is -1.75. The van der Waals surface area contributed by atoms with Crippen molar-refractivity contribution in [2.24, 2.45) is 11.7 Å². The molecule has 0 aliphatic rings. The minimum absolute atomic E-state index is 0.104. The number of amides is 1. The Morgan fingerprint density at radius 2 is 2.00 bits per heavy atom. The number of carbonyl (C=O) groups is 2. The topological polar surface area (TPSA) is 102 Å². The molecule has 0 rings (SSSR count). The molecular formula is C9H18N2O4. The van der Waals surface area contributed by atoms with E-state index in [2.05, 4.69) is 10.1 Å². The zero-order valence-electron chi connectivity index (χ0n) is 9.19. The zero-order valence-corrected chi connectivity index (χ0v) is 9.19. The third-order valence-electron chi connectivity index (χ3n) is 1.95. The van der Waals surface area contributed by atoms with E-state index in [-0.39, 0.29) is 5.92 Å². The third-order valence-corrected chi connectivity index (χ3v) is 1.95. The lowest BCUT2D eigenvalue weighted by molar-refractivity contribution is -0.146. The van der Waals surface area contributed by atoms with Crippen LogP contribution < -0.4 is 11.1 Å². The third kappa shape index (κ3) is 4.26. The van der Waals surface area contributed by atoms with E-state index in [0.717, 1.165) is 0 Å². The van der Waals surface area contributed by atoms with Crippen LogP contribution in [0.1, 0.15) is 13.8 Å². The largest absolute Gasteiger partial charge is 0.467 e. The molecule has 88 valence electrons. The van der Waals surface area contributed by atoms with Crippen molar-refractivity contribution >= 4 is 11.9 Å². The van der Waals surface area contributed by atoms with Crippen LogP contribution in [0.2, 0.25) is 0 Å². The first-order valence-corrected chi connectivity index (χ1v) is 4.68. The molecule has 15 heavy (non-hydrogen) atoms. The highest BCUT2D eigenvalue weighted by atomic mass is 16.5. The summed E-state index contributed by atoms with van der Waals surface area (Å²) in [4.78, 5) is 22.6. The van der Waals surface area contributed by atoms with Gasteiger partial charge in [0, 0.05) is 0 Å². The van der Waals surface area contributed by atoms with Crippen LogP contribution in [0.5, 0.6) is 0 Å². The standard InChI is InChI=1S/C9H18N2O4/c1-5(2)7(9(14)15-3)11-8(13)6(10)4-12/h5-7,12H,4,10H2,1-3H3,(H,11,13)/t6-,7-/m0/s1. The molecule has 0 spiro atoms. The lowest BCUT2D eigenvalue weighted by atomic mass is 10.0. The van der Waals surface area contributed by atoms with Crippen LogP contribution in [-0.2, 0) is 14.3 Å². The normalized spacial score (nSPS) is 14.5. The molecule has 0 aromatic heterocycles. The molecule has 0 unspecified atom stereocenters. The lowest BCUT2D eigenvalue weighted by Gasteiger charge is -2.21. The zero-order chi connectivity index (χ0) is 12.0. The number of hydrogen-bond donors (Lipinski definition) is 3. The molecule has 6 nitrogen and oxygen atoms in total. The van der Waals surface area contributed by atoms with Gasteiger partial charge in [0.05, 0.1) is 13.7 Å². The Kier molecular flexibility index (Phi) is 5.88. The first-order valence-electron chi connectivity index (χ1n) is 4.68. The van der Waals surface area contributed by atoms with E-state index < -0.39 is 30.6 Å². The first kappa shape index (κ1) is 13.9. The van der Waals surface area contributed by atoms with Crippen LogP contribution in [0.4, 0.5) is 0 Å². The van der Waals surface area contributed by atoms with Crippen LogP contribution in [0.25, 0.3) is 0 Å². The summed E-state index contributed by atoms with van der Waals surface area (Å²) in [5, 5.41) is 11.1. The highest BCUT2D eigenvalue weighted by Crippen LogP contribution is 2.03. The second-order valence-corrected chi connectivity index (χ2v) is 3.54. The number of hydrogen-bond acceptors (Lipinski definition) is 5. The summed E-state index contributed by atoms with van der Waals surface area (Å²) < 4.78 is 4.53. The number of carbonyl (C=O) groups excluding carboxylic acids is 2. The minimum Gasteiger partial charge on any atom is -0.467 e. The van der Waals surface area contributed by atoms with Crippen LogP contribution in [0.3, 0.4) is 0 Å². The molecular weight excluding hydrogens is 200 g/mol. The van der Waals surface area contributed by atoms with Gasteiger partial charge in [-0.2, -0.15) is 0 Å². The molecule has 0 radical (unpaired) electrons. The molecule has 0 aromatic rings. The van der Waals surface area contributed by atoms with Crippen molar-refractivity contribution in [2.45, 2.75) is 25.9 Å². The van der Waals surface area contributed by atoms with Crippen LogP contribution in [0.15, 0.2) is 0 Å². The summed E-state index contributed by atoms with van der Waals surface area (Å²) >= 11 is 0. The van der Waals surface area contributed by atoms with E-state index in [9.17, 15) is 9.59 Å². The maximum Gasteiger partial charge on any atom is 0.328 e. The highest BCUT2D eigenvalue weighted by molar-refractivity contribution is 5.87. The van der Waals surface area contributed by atoms with Crippen LogP contribution in [0, 0.1) is 5.92 Å². The number of esters is 1. The van der Waals surface area contributed by atoms with Gasteiger partial charge < -0.3 is 20.9 Å². The van der Waals surface area contributed by atoms with Gasteiger partial charge in [-0.3, -0.25) is 4.79 Å². The van der Waals surface area contributed by atoms with Gasteiger partial charge in [-0.1, -0.05) is 13.8 Å². The average Bonchev–Trinajstić information content (AvgIpc) is 2.22. The fourth-order valence-corrected chi connectivity index (χ4v) is 0.968. The fourth-order valence-electron chi connectivity index (χ4n) is 0.968. The predicted octanol–water partition coefficient (Wildman–Crippen LogP) is -1.38.